The first-order valence-corrected chi connectivity index (χ1v) is 6.50. The van der Waals surface area contributed by atoms with E-state index in [4.69, 9.17) is 5.73 Å². The lowest BCUT2D eigenvalue weighted by Crippen LogP contribution is -2.06. The van der Waals surface area contributed by atoms with Gasteiger partial charge in [-0.2, -0.15) is 0 Å². The Kier molecular flexibility index (Phi) is 3.87. The molecule has 4 nitrogen and oxygen atoms in total. The van der Waals surface area contributed by atoms with Crippen LogP contribution in [0.1, 0.15) is 32.0 Å². The molecule has 1 aromatic carbocycles. The maximum absolute atomic E-state index is 9.54. The molecule has 18 heavy (non-hydrogen) atoms. The van der Waals surface area contributed by atoms with Gasteiger partial charge in [0.25, 0.3) is 0 Å². The van der Waals surface area contributed by atoms with E-state index >= 15 is 0 Å². The Morgan fingerprint density at radius 1 is 1.44 bits per heavy atom. The normalized spacial score (nSPS) is 13.1. The zero-order valence-corrected chi connectivity index (χ0v) is 11.1. The quantitative estimate of drug-likeness (QED) is 0.796. The molecule has 0 fully saturated rings. The molecule has 2 aromatic rings. The van der Waals surface area contributed by atoms with Gasteiger partial charge in [0.15, 0.2) is 0 Å². The molecule has 1 atom stereocenters. The SMILES string of the molecule is CCC(O)CCCc1nc2cc(N)ccc2n1C. The molecule has 4 heteroatoms. The van der Waals surface area contributed by atoms with Gasteiger partial charge in [-0.15, -0.1) is 0 Å². The van der Waals surface area contributed by atoms with Gasteiger partial charge in [0, 0.05) is 19.2 Å². The Balaban J connectivity index is 2.11. The van der Waals surface area contributed by atoms with Crippen molar-refractivity contribution in [3.63, 3.8) is 0 Å². The van der Waals surface area contributed by atoms with Crippen molar-refractivity contribution in [3.8, 4) is 0 Å². The number of benzene rings is 1. The van der Waals surface area contributed by atoms with Crippen LogP contribution in [-0.4, -0.2) is 20.8 Å². The fourth-order valence-electron chi connectivity index (χ4n) is 2.19. The summed E-state index contributed by atoms with van der Waals surface area (Å²) >= 11 is 0. The van der Waals surface area contributed by atoms with E-state index in [1.54, 1.807) is 0 Å². The molecular formula is C14H21N3O. The van der Waals surface area contributed by atoms with Gasteiger partial charge < -0.3 is 15.4 Å². The summed E-state index contributed by atoms with van der Waals surface area (Å²) in [5.41, 5.74) is 8.56. The first kappa shape index (κ1) is 12.9. The third kappa shape index (κ3) is 2.64. The highest BCUT2D eigenvalue weighted by molar-refractivity contribution is 5.79. The van der Waals surface area contributed by atoms with Crippen LogP contribution in [-0.2, 0) is 13.5 Å². The second-order valence-corrected chi connectivity index (χ2v) is 4.79. The van der Waals surface area contributed by atoms with E-state index in [2.05, 4.69) is 9.55 Å². The molecular weight excluding hydrogens is 226 g/mol. The van der Waals surface area contributed by atoms with Crippen molar-refractivity contribution in [1.29, 1.82) is 0 Å². The third-order valence-electron chi connectivity index (χ3n) is 3.41. The molecule has 1 aromatic heterocycles. The van der Waals surface area contributed by atoms with Gasteiger partial charge >= 0.3 is 0 Å². The highest BCUT2D eigenvalue weighted by Crippen LogP contribution is 2.19. The Labute approximate surface area is 107 Å². The van der Waals surface area contributed by atoms with Crippen LogP contribution in [0.25, 0.3) is 11.0 Å². The predicted octanol–water partition coefficient (Wildman–Crippen LogP) is 2.25. The van der Waals surface area contributed by atoms with E-state index in [1.807, 2.05) is 32.2 Å². The average Bonchev–Trinajstić information content (AvgIpc) is 2.65. The van der Waals surface area contributed by atoms with Crippen LogP contribution >= 0.6 is 0 Å². The number of hydrogen-bond acceptors (Lipinski definition) is 3. The lowest BCUT2D eigenvalue weighted by atomic mass is 10.1. The number of anilines is 1. The van der Waals surface area contributed by atoms with Gasteiger partial charge in [0.1, 0.15) is 5.82 Å². The van der Waals surface area contributed by atoms with Crippen LogP contribution in [0.5, 0.6) is 0 Å². The van der Waals surface area contributed by atoms with Crippen LogP contribution in [0.3, 0.4) is 0 Å². The topological polar surface area (TPSA) is 64.1 Å². The van der Waals surface area contributed by atoms with Crippen LogP contribution in [0.2, 0.25) is 0 Å². The number of nitrogen functional groups attached to an aromatic ring is 1. The third-order valence-corrected chi connectivity index (χ3v) is 3.41. The first-order valence-electron chi connectivity index (χ1n) is 6.50. The lowest BCUT2D eigenvalue weighted by Gasteiger charge is -2.07. The van der Waals surface area contributed by atoms with Crippen molar-refractivity contribution < 1.29 is 5.11 Å². The molecule has 98 valence electrons. The molecule has 0 amide bonds. The second-order valence-electron chi connectivity index (χ2n) is 4.79. The van der Waals surface area contributed by atoms with Crippen molar-refractivity contribution in [2.45, 2.75) is 38.7 Å². The molecule has 0 saturated carbocycles. The van der Waals surface area contributed by atoms with Crippen LogP contribution < -0.4 is 5.73 Å². The van der Waals surface area contributed by atoms with Crippen molar-refractivity contribution >= 4 is 16.7 Å². The van der Waals surface area contributed by atoms with Gasteiger partial charge in [-0.05, 0) is 37.5 Å². The summed E-state index contributed by atoms with van der Waals surface area (Å²) < 4.78 is 2.10. The van der Waals surface area contributed by atoms with E-state index in [0.717, 1.165) is 48.2 Å². The molecule has 0 aliphatic carbocycles. The van der Waals surface area contributed by atoms with E-state index < -0.39 is 0 Å². The number of imidazole rings is 1. The minimum Gasteiger partial charge on any atom is -0.399 e. The van der Waals surface area contributed by atoms with E-state index in [1.165, 1.54) is 0 Å². The Hall–Kier alpha value is -1.55. The number of nitrogens with two attached hydrogens (primary N) is 1. The summed E-state index contributed by atoms with van der Waals surface area (Å²) in [6.45, 7) is 2.00. The summed E-state index contributed by atoms with van der Waals surface area (Å²) in [7, 11) is 2.02. The molecule has 0 aliphatic heterocycles. The predicted molar refractivity (Wildman–Crippen MR) is 74.4 cm³/mol. The molecule has 1 unspecified atom stereocenters. The standard InChI is InChI=1S/C14H21N3O/c1-3-11(18)5-4-6-14-16-12-9-10(15)7-8-13(12)17(14)2/h7-9,11,18H,3-6,15H2,1-2H3. The molecule has 2 rings (SSSR count). The minimum absolute atomic E-state index is 0.185. The first-order chi connectivity index (χ1) is 8.61. The molecule has 1 heterocycles. The van der Waals surface area contributed by atoms with Crippen molar-refractivity contribution in [2.75, 3.05) is 5.73 Å². The molecule has 0 spiro atoms. The number of hydrogen-bond donors (Lipinski definition) is 2. The molecule has 0 radical (unpaired) electrons. The smallest absolute Gasteiger partial charge is 0.109 e. The maximum atomic E-state index is 9.54. The summed E-state index contributed by atoms with van der Waals surface area (Å²) in [6.07, 6.45) is 3.32. The van der Waals surface area contributed by atoms with Gasteiger partial charge in [-0.1, -0.05) is 6.92 Å². The number of aromatic nitrogens is 2. The van der Waals surface area contributed by atoms with Crippen LogP contribution in [0.15, 0.2) is 18.2 Å². The largest absolute Gasteiger partial charge is 0.399 e. The fourth-order valence-corrected chi connectivity index (χ4v) is 2.19. The molecule has 0 aliphatic rings. The number of aliphatic hydroxyl groups excluding tert-OH is 1. The number of aryl methyl sites for hydroxylation is 2. The number of aliphatic hydroxyl groups is 1. The van der Waals surface area contributed by atoms with Crippen molar-refractivity contribution in [1.82, 2.24) is 9.55 Å². The van der Waals surface area contributed by atoms with Crippen LogP contribution in [0.4, 0.5) is 5.69 Å². The number of fused-ring (bicyclic) bond motifs is 1. The zero-order valence-electron chi connectivity index (χ0n) is 11.1. The van der Waals surface area contributed by atoms with Gasteiger partial charge in [-0.3, -0.25) is 0 Å². The average molecular weight is 247 g/mol. The summed E-state index contributed by atoms with van der Waals surface area (Å²) in [5, 5.41) is 9.54. The Bertz CT molecular complexity index is 533. The van der Waals surface area contributed by atoms with E-state index in [0.29, 0.717) is 0 Å². The highest BCUT2D eigenvalue weighted by Gasteiger charge is 2.08. The van der Waals surface area contributed by atoms with Crippen molar-refractivity contribution in [3.05, 3.63) is 24.0 Å². The second kappa shape index (κ2) is 5.40. The van der Waals surface area contributed by atoms with Crippen molar-refractivity contribution in [2.24, 2.45) is 7.05 Å². The molecule has 0 bridgehead atoms. The Morgan fingerprint density at radius 2 is 2.22 bits per heavy atom. The molecule has 0 saturated heterocycles. The van der Waals surface area contributed by atoms with Gasteiger partial charge in [0.2, 0.25) is 0 Å². The van der Waals surface area contributed by atoms with E-state index in [9.17, 15) is 5.11 Å². The summed E-state index contributed by atoms with van der Waals surface area (Å²) in [6, 6.07) is 5.80. The summed E-state index contributed by atoms with van der Waals surface area (Å²) in [5.74, 6) is 1.05. The fraction of sp³-hybridized carbons (Fsp3) is 0.500. The number of nitrogens with zero attached hydrogens (tertiary/aromatic N) is 2. The zero-order chi connectivity index (χ0) is 13.1. The molecule has 3 N–H and O–H groups in total. The van der Waals surface area contributed by atoms with Gasteiger partial charge in [-0.25, -0.2) is 4.98 Å². The lowest BCUT2D eigenvalue weighted by molar-refractivity contribution is 0.157. The van der Waals surface area contributed by atoms with Crippen LogP contribution in [0, 0.1) is 0 Å². The van der Waals surface area contributed by atoms with E-state index in [-0.39, 0.29) is 6.10 Å². The monoisotopic (exact) mass is 247 g/mol. The number of rotatable bonds is 5. The highest BCUT2D eigenvalue weighted by atomic mass is 16.3. The maximum Gasteiger partial charge on any atom is 0.109 e. The minimum atomic E-state index is -0.185. The Morgan fingerprint density at radius 3 is 2.94 bits per heavy atom. The summed E-state index contributed by atoms with van der Waals surface area (Å²) in [4.78, 5) is 4.60. The van der Waals surface area contributed by atoms with Gasteiger partial charge in [0.05, 0.1) is 17.1 Å².